The molecular weight excluding hydrogens is 528 g/mol. The lowest BCUT2D eigenvalue weighted by Crippen LogP contribution is -2.68. The third kappa shape index (κ3) is 9.75. The quantitative estimate of drug-likeness (QED) is 0.304. The average molecular weight is 575 g/mol. The average Bonchev–Trinajstić information content (AvgIpc) is 3.19. The highest BCUT2D eigenvalue weighted by Gasteiger charge is 2.50. The molecule has 0 saturated carbocycles. The minimum Gasteiger partial charge on any atom is -0.473 e. The molecule has 4 heterocycles. The number of carboxylic acid groups (broad SMARTS) is 2. The lowest BCUT2D eigenvalue weighted by Gasteiger charge is -2.51. The van der Waals surface area contributed by atoms with Gasteiger partial charge in [0, 0.05) is 39.3 Å². The number of hydrogen-bond acceptors (Lipinski definition) is 10. The van der Waals surface area contributed by atoms with Gasteiger partial charge in [-0.3, -0.25) is 9.80 Å². The summed E-state index contributed by atoms with van der Waals surface area (Å²) in [4.78, 5) is 45.9. The van der Waals surface area contributed by atoms with Crippen LogP contribution >= 0.6 is 0 Å². The van der Waals surface area contributed by atoms with Gasteiger partial charge >= 0.3 is 24.1 Å². The Kier molecular flexibility index (Phi) is 11.6. The molecule has 14 nitrogen and oxygen atoms in total. The molecule has 4 rings (SSSR count). The van der Waals surface area contributed by atoms with Crippen molar-refractivity contribution in [1.82, 2.24) is 20.4 Å². The lowest BCUT2D eigenvalue weighted by molar-refractivity contribution is -0.159. The van der Waals surface area contributed by atoms with Crippen molar-refractivity contribution in [2.24, 2.45) is 0 Å². The molecule has 4 fully saturated rings. The normalized spacial score (nSPS) is 26.4. The van der Waals surface area contributed by atoms with Crippen LogP contribution < -0.4 is 10.6 Å². The van der Waals surface area contributed by atoms with Crippen LogP contribution in [0.25, 0.3) is 0 Å². The number of hydrogen-bond donors (Lipinski definition) is 4. The first kappa shape index (κ1) is 33.5. The predicted molar refractivity (Wildman–Crippen MR) is 143 cm³/mol. The Morgan fingerprint density at radius 3 is 1.30 bits per heavy atom. The van der Waals surface area contributed by atoms with Crippen LogP contribution in [0.3, 0.4) is 0 Å². The van der Waals surface area contributed by atoms with Gasteiger partial charge in [0.05, 0.1) is 37.5 Å². The van der Waals surface area contributed by atoms with Crippen molar-refractivity contribution >= 4 is 24.1 Å². The Morgan fingerprint density at radius 1 is 0.700 bits per heavy atom. The molecule has 4 saturated heterocycles. The van der Waals surface area contributed by atoms with Crippen LogP contribution in [0, 0.1) is 0 Å². The topological polar surface area (TPSA) is 176 Å². The van der Waals surface area contributed by atoms with Crippen molar-refractivity contribution in [2.75, 3.05) is 65.7 Å². The number of carbonyl (C=O) groups excluding carboxylic acids is 2. The Bertz CT molecular complexity index is 811. The van der Waals surface area contributed by atoms with Crippen LogP contribution in [0.1, 0.15) is 54.4 Å². The third-order valence-corrected chi connectivity index (χ3v) is 6.65. The smallest absolute Gasteiger partial charge is 0.414 e. The number of ether oxygens (including phenoxy) is 4. The Hall–Kier alpha value is -2.68. The number of amides is 2. The first-order valence-corrected chi connectivity index (χ1v) is 13.5. The summed E-state index contributed by atoms with van der Waals surface area (Å²) >= 11 is 0. The molecule has 0 aromatic carbocycles. The van der Waals surface area contributed by atoms with Crippen molar-refractivity contribution in [1.29, 1.82) is 0 Å². The van der Waals surface area contributed by atoms with Crippen molar-refractivity contribution in [3.8, 4) is 0 Å². The van der Waals surface area contributed by atoms with Gasteiger partial charge in [-0.25, -0.2) is 19.2 Å². The molecule has 0 bridgehead atoms. The zero-order chi connectivity index (χ0) is 30.2. The SMILES string of the molecule is CC(C)(C)OC(=O)N1CCC12CNCCOC2.CC(C)(C)OC(=O)N1CCC12CNCCOC2.O=C(O)C(=O)O. The number of nitrogens with zero attached hydrogens (tertiary/aromatic N) is 2. The largest absolute Gasteiger partial charge is 0.473 e. The van der Waals surface area contributed by atoms with Gasteiger partial charge in [-0.15, -0.1) is 0 Å². The van der Waals surface area contributed by atoms with E-state index in [1.165, 1.54) is 0 Å². The van der Waals surface area contributed by atoms with E-state index in [0.717, 1.165) is 52.1 Å². The second-order valence-corrected chi connectivity index (χ2v) is 12.3. The van der Waals surface area contributed by atoms with Gasteiger partial charge in [0.25, 0.3) is 0 Å². The summed E-state index contributed by atoms with van der Waals surface area (Å²) in [7, 11) is 0. The highest BCUT2D eigenvalue weighted by molar-refractivity contribution is 6.27. The van der Waals surface area contributed by atoms with E-state index in [1.54, 1.807) is 9.80 Å². The second kappa shape index (κ2) is 13.8. The fourth-order valence-electron chi connectivity index (χ4n) is 4.51. The minimum atomic E-state index is -1.82. The summed E-state index contributed by atoms with van der Waals surface area (Å²) < 4.78 is 21.9. The standard InChI is InChI=1S/2C12H22N2O3.C2H2O4/c2*1-11(2,3)17-10(15)14-6-4-12(14)8-13-5-7-16-9-12;3-1(4)2(5)6/h2*13H,4-9H2,1-3H3;(H,3,4)(H,5,6). The number of likely N-dealkylation sites (tertiary alicyclic amines) is 2. The maximum atomic E-state index is 12.0. The molecule has 2 amide bonds. The Balaban J connectivity index is 0.000000234. The predicted octanol–water partition coefficient (Wildman–Crippen LogP) is 1.13. The Morgan fingerprint density at radius 2 is 1.05 bits per heavy atom. The van der Waals surface area contributed by atoms with Crippen LogP contribution in [-0.2, 0) is 28.5 Å². The molecule has 2 unspecified atom stereocenters. The van der Waals surface area contributed by atoms with Gasteiger partial charge in [0.15, 0.2) is 0 Å². The number of carbonyl (C=O) groups is 4. The van der Waals surface area contributed by atoms with Gasteiger partial charge < -0.3 is 39.8 Å². The van der Waals surface area contributed by atoms with E-state index in [9.17, 15) is 9.59 Å². The van der Waals surface area contributed by atoms with Gasteiger partial charge in [-0.2, -0.15) is 0 Å². The highest BCUT2D eigenvalue weighted by Crippen LogP contribution is 2.34. The maximum absolute atomic E-state index is 12.0. The van der Waals surface area contributed by atoms with E-state index in [-0.39, 0.29) is 23.3 Å². The molecule has 230 valence electrons. The summed E-state index contributed by atoms with van der Waals surface area (Å²) in [6, 6.07) is 0. The van der Waals surface area contributed by atoms with Crippen molar-refractivity contribution in [3.63, 3.8) is 0 Å². The van der Waals surface area contributed by atoms with Gasteiger partial charge in [0.1, 0.15) is 11.2 Å². The van der Waals surface area contributed by atoms with E-state index in [2.05, 4.69) is 10.6 Å². The summed E-state index contributed by atoms with van der Waals surface area (Å²) in [5.41, 5.74) is -1.24. The molecular formula is C26H46N4O10. The van der Waals surface area contributed by atoms with E-state index >= 15 is 0 Å². The maximum Gasteiger partial charge on any atom is 0.414 e. The first-order valence-electron chi connectivity index (χ1n) is 13.5. The highest BCUT2D eigenvalue weighted by atomic mass is 16.6. The van der Waals surface area contributed by atoms with Gasteiger partial charge in [0.2, 0.25) is 0 Å². The Labute approximate surface area is 235 Å². The summed E-state index contributed by atoms with van der Waals surface area (Å²) in [5.74, 6) is -3.65. The fourth-order valence-corrected chi connectivity index (χ4v) is 4.51. The summed E-state index contributed by atoms with van der Waals surface area (Å²) in [5, 5.41) is 21.4. The zero-order valence-corrected chi connectivity index (χ0v) is 24.5. The van der Waals surface area contributed by atoms with Crippen LogP contribution in [-0.4, -0.2) is 132 Å². The first-order chi connectivity index (χ1) is 18.5. The van der Waals surface area contributed by atoms with Crippen molar-refractivity contribution in [2.45, 2.75) is 76.7 Å². The van der Waals surface area contributed by atoms with E-state index in [4.69, 9.17) is 38.7 Å². The molecule has 4 aliphatic heterocycles. The van der Waals surface area contributed by atoms with E-state index in [0.29, 0.717) is 26.4 Å². The lowest BCUT2D eigenvalue weighted by atomic mass is 9.85. The van der Waals surface area contributed by atoms with Crippen LogP contribution in [0.4, 0.5) is 9.59 Å². The minimum absolute atomic E-state index is 0.182. The fraction of sp³-hybridized carbons (Fsp3) is 0.846. The summed E-state index contributed by atoms with van der Waals surface area (Å²) in [6.45, 7) is 18.8. The van der Waals surface area contributed by atoms with E-state index in [1.807, 2.05) is 41.5 Å². The van der Waals surface area contributed by atoms with Crippen LogP contribution in [0.15, 0.2) is 0 Å². The van der Waals surface area contributed by atoms with E-state index < -0.39 is 23.1 Å². The molecule has 40 heavy (non-hydrogen) atoms. The van der Waals surface area contributed by atoms with Crippen LogP contribution in [0.5, 0.6) is 0 Å². The zero-order valence-electron chi connectivity index (χ0n) is 24.5. The third-order valence-electron chi connectivity index (χ3n) is 6.65. The molecule has 14 heteroatoms. The molecule has 0 aliphatic carbocycles. The molecule has 0 aromatic rings. The van der Waals surface area contributed by atoms with Gasteiger partial charge in [-0.1, -0.05) is 0 Å². The molecule has 2 spiro atoms. The van der Waals surface area contributed by atoms with Crippen molar-refractivity contribution in [3.05, 3.63) is 0 Å². The number of carboxylic acids is 2. The number of nitrogens with one attached hydrogen (secondary N) is 2. The molecule has 4 aliphatic rings. The second-order valence-electron chi connectivity index (χ2n) is 12.3. The molecule has 4 N–H and O–H groups in total. The van der Waals surface area contributed by atoms with Crippen LogP contribution in [0.2, 0.25) is 0 Å². The monoisotopic (exact) mass is 574 g/mol. The van der Waals surface area contributed by atoms with Gasteiger partial charge in [-0.05, 0) is 54.4 Å². The molecule has 0 aromatic heterocycles. The number of rotatable bonds is 0. The molecule has 0 radical (unpaired) electrons. The summed E-state index contributed by atoms with van der Waals surface area (Å²) in [6.07, 6.45) is 1.52. The molecule has 2 atom stereocenters. The number of aliphatic carboxylic acids is 2. The van der Waals surface area contributed by atoms with Crippen molar-refractivity contribution < 1.29 is 48.3 Å².